The highest BCUT2D eigenvalue weighted by Gasteiger charge is 2.48. The molecule has 1 rings (SSSR count). The van der Waals surface area contributed by atoms with Gasteiger partial charge in [0.25, 0.3) is 0 Å². The van der Waals surface area contributed by atoms with E-state index in [2.05, 4.69) is 8.92 Å². The van der Waals surface area contributed by atoms with Gasteiger partial charge < -0.3 is 8.92 Å². The highest BCUT2D eigenvalue weighted by atomic mass is 32.2. The van der Waals surface area contributed by atoms with Gasteiger partial charge in [0.2, 0.25) is 0 Å². The Hall–Kier alpha value is -1.98. The van der Waals surface area contributed by atoms with Gasteiger partial charge in [-0.05, 0) is 25.1 Å². The Labute approximate surface area is 125 Å². The first-order valence-electron chi connectivity index (χ1n) is 5.68. The van der Waals surface area contributed by atoms with Crippen LogP contribution in [-0.4, -0.2) is 26.5 Å². The number of hydrogen-bond donors (Lipinski definition) is 0. The van der Waals surface area contributed by atoms with Crippen LogP contribution in [0.2, 0.25) is 0 Å². The molecule has 0 aromatic heterocycles. The molecule has 0 bridgehead atoms. The van der Waals surface area contributed by atoms with Crippen molar-refractivity contribution in [1.29, 1.82) is 0 Å². The Morgan fingerprint density at radius 3 is 2.09 bits per heavy atom. The van der Waals surface area contributed by atoms with Crippen molar-refractivity contribution in [1.82, 2.24) is 0 Å². The van der Waals surface area contributed by atoms with Crippen molar-refractivity contribution in [2.24, 2.45) is 0 Å². The summed E-state index contributed by atoms with van der Waals surface area (Å²) in [5.41, 5.74) is -8.23. The molecule has 0 spiro atoms. The zero-order chi connectivity index (χ0) is 18.1. The minimum Gasteiger partial charge on any atom is -0.462 e. The Morgan fingerprint density at radius 2 is 1.65 bits per heavy atom. The summed E-state index contributed by atoms with van der Waals surface area (Å²) in [5, 5.41) is 0. The fourth-order valence-corrected chi connectivity index (χ4v) is 1.76. The van der Waals surface area contributed by atoms with Gasteiger partial charge in [-0.25, -0.2) is 4.79 Å². The van der Waals surface area contributed by atoms with Gasteiger partial charge in [0.1, 0.15) is 5.75 Å². The van der Waals surface area contributed by atoms with Gasteiger partial charge in [-0.3, -0.25) is 0 Å². The van der Waals surface area contributed by atoms with E-state index in [1.165, 1.54) is 6.92 Å². The first-order valence-corrected chi connectivity index (χ1v) is 7.09. The molecule has 0 N–H and O–H groups in total. The summed E-state index contributed by atoms with van der Waals surface area (Å²) in [6.07, 6.45) is -5.05. The minimum absolute atomic E-state index is 0.0199. The smallest absolute Gasteiger partial charge is 0.462 e. The van der Waals surface area contributed by atoms with Crippen molar-refractivity contribution < 1.29 is 48.5 Å². The van der Waals surface area contributed by atoms with E-state index in [4.69, 9.17) is 0 Å². The molecule has 23 heavy (non-hydrogen) atoms. The van der Waals surface area contributed by atoms with Crippen molar-refractivity contribution in [3.05, 3.63) is 29.3 Å². The van der Waals surface area contributed by atoms with Crippen LogP contribution in [0.3, 0.4) is 0 Å². The Bertz CT molecular complexity index is 692. The maximum absolute atomic E-state index is 12.7. The molecule has 0 saturated heterocycles. The molecule has 12 heteroatoms. The first-order chi connectivity index (χ1) is 10.3. The van der Waals surface area contributed by atoms with Crippen molar-refractivity contribution in [2.75, 3.05) is 6.61 Å². The Kier molecular flexibility index (Phi) is 5.19. The van der Waals surface area contributed by atoms with Crippen molar-refractivity contribution in [3.63, 3.8) is 0 Å². The summed E-state index contributed by atoms with van der Waals surface area (Å²) in [7, 11) is -6.19. The molecule has 0 atom stereocenters. The Morgan fingerprint density at radius 1 is 1.09 bits per heavy atom. The van der Waals surface area contributed by atoms with Crippen LogP contribution >= 0.6 is 0 Å². The quantitative estimate of drug-likeness (QED) is 0.354. The number of halogens is 6. The molecule has 0 aliphatic heterocycles. The van der Waals surface area contributed by atoms with E-state index in [1.54, 1.807) is 0 Å². The summed E-state index contributed by atoms with van der Waals surface area (Å²) in [4.78, 5) is 11.4. The number of benzene rings is 1. The second-order valence-corrected chi connectivity index (χ2v) is 5.49. The van der Waals surface area contributed by atoms with Gasteiger partial charge in [-0.15, -0.1) is 0 Å². The molecule has 0 radical (unpaired) electrons. The molecular formula is C11H8F6O5S. The van der Waals surface area contributed by atoms with E-state index in [9.17, 15) is 39.6 Å². The Balaban J connectivity index is 3.38. The third-order valence-electron chi connectivity index (χ3n) is 2.23. The van der Waals surface area contributed by atoms with E-state index in [-0.39, 0.29) is 12.7 Å². The third-order valence-corrected chi connectivity index (χ3v) is 3.21. The lowest BCUT2D eigenvalue weighted by molar-refractivity contribution is -0.137. The zero-order valence-electron chi connectivity index (χ0n) is 11.2. The maximum atomic E-state index is 12.7. The monoisotopic (exact) mass is 366 g/mol. The number of ether oxygens (including phenoxy) is 1. The van der Waals surface area contributed by atoms with Gasteiger partial charge in [0.15, 0.2) is 0 Å². The van der Waals surface area contributed by atoms with E-state index in [1.807, 2.05) is 0 Å². The normalized spacial score (nSPS) is 12.8. The van der Waals surface area contributed by atoms with Crippen LogP contribution in [0.25, 0.3) is 0 Å². The molecule has 0 aliphatic rings. The van der Waals surface area contributed by atoms with Crippen molar-refractivity contribution in [3.8, 4) is 5.75 Å². The van der Waals surface area contributed by atoms with Crippen LogP contribution in [0, 0.1) is 0 Å². The number of alkyl halides is 6. The van der Waals surface area contributed by atoms with Crippen LogP contribution in [0.15, 0.2) is 18.2 Å². The lowest BCUT2D eigenvalue weighted by Gasteiger charge is -2.13. The molecule has 0 saturated carbocycles. The van der Waals surface area contributed by atoms with Crippen LogP contribution in [0.4, 0.5) is 26.3 Å². The molecular weight excluding hydrogens is 358 g/mol. The first kappa shape index (κ1) is 19.1. The van der Waals surface area contributed by atoms with E-state index in [0.717, 1.165) is 0 Å². The summed E-state index contributed by atoms with van der Waals surface area (Å²) in [5.74, 6) is -2.60. The molecule has 0 fully saturated rings. The predicted octanol–water partition coefficient (Wildman–Crippen LogP) is 3.11. The summed E-state index contributed by atoms with van der Waals surface area (Å²) in [6.45, 7) is 1.13. The van der Waals surface area contributed by atoms with E-state index < -0.39 is 44.6 Å². The molecule has 0 heterocycles. The average Bonchev–Trinajstić information content (AvgIpc) is 2.35. The highest BCUT2D eigenvalue weighted by molar-refractivity contribution is 7.88. The third kappa shape index (κ3) is 4.74. The topological polar surface area (TPSA) is 69.7 Å². The second kappa shape index (κ2) is 6.26. The number of rotatable bonds is 4. The van der Waals surface area contributed by atoms with Gasteiger partial charge in [0, 0.05) is 0 Å². The van der Waals surface area contributed by atoms with Gasteiger partial charge >= 0.3 is 27.8 Å². The van der Waals surface area contributed by atoms with Crippen LogP contribution < -0.4 is 4.18 Å². The fraction of sp³-hybridized carbons (Fsp3) is 0.364. The predicted molar refractivity (Wildman–Crippen MR) is 63.0 cm³/mol. The van der Waals surface area contributed by atoms with E-state index in [0.29, 0.717) is 12.1 Å². The molecule has 130 valence electrons. The highest BCUT2D eigenvalue weighted by Crippen LogP contribution is 2.34. The number of esters is 1. The van der Waals surface area contributed by atoms with E-state index >= 15 is 0 Å². The SMILES string of the molecule is CCOC(=O)c1cc(OS(=O)(=O)C(F)(F)F)cc(C(F)(F)F)c1. The summed E-state index contributed by atoms with van der Waals surface area (Å²) >= 11 is 0. The van der Waals surface area contributed by atoms with Crippen LogP contribution in [-0.2, 0) is 21.0 Å². The summed E-state index contributed by atoms with van der Waals surface area (Å²) < 4.78 is 104. The molecule has 0 amide bonds. The largest absolute Gasteiger partial charge is 0.534 e. The second-order valence-electron chi connectivity index (χ2n) is 3.95. The average molecular weight is 366 g/mol. The summed E-state index contributed by atoms with van der Waals surface area (Å²) in [6, 6.07) is 0.716. The van der Waals surface area contributed by atoms with Gasteiger partial charge in [0.05, 0.1) is 17.7 Å². The standard InChI is InChI=1S/C11H8F6O5S/c1-2-21-9(18)6-3-7(10(12,13)14)5-8(4-6)22-23(19,20)11(15,16)17/h3-5H,2H2,1H3. The molecule has 5 nitrogen and oxygen atoms in total. The number of hydrogen-bond acceptors (Lipinski definition) is 5. The van der Waals surface area contributed by atoms with Crippen molar-refractivity contribution in [2.45, 2.75) is 18.6 Å². The zero-order valence-corrected chi connectivity index (χ0v) is 12.0. The molecule has 0 unspecified atom stereocenters. The lowest BCUT2D eigenvalue weighted by atomic mass is 10.1. The lowest BCUT2D eigenvalue weighted by Crippen LogP contribution is -2.28. The van der Waals surface area contributed by atoms with Crippen LogP contribution in [0.5, 0.6) is 5.75 Å². The maximum Gasteiger partial charge on any atom is 0.534 e. The van der Waals surface area contributed by atoms with Crippen molar-refractivity contribution >= 4 is 16.1 Å². The number of carbonyl (C=O) groups is 1. The van der Waals surface area contributed by atoms with Gasteiger partial charge in [-0.1, -0.05) is 0 Å². The van der Waals surface area contributed by atoms with Crippen LogP contribution in [0.1, 0.15) is 22.8 Å². The van der Waals surface area contributed by atoms with Gasteiger partial charge in [-0.2, -0.15) is 34.8 Å². The molecule has 1 aromatic carbocycles. The molecule has 0 aliphatic carbocycles. The number of carbonyl (C=O) groups excluding carboxylic acids is 1. The fourth-order valence-electron chi connectivity index (χ4n) is 1.32. The molecule has 1 aromatic rings. The minimum atomic E-state index is -6.19.